The van der Waals surface area contributed by atoms with Gasteiger partial charge < -0.3 is 28.4 Å². The Bertz CT molecular complexity index is 936. The number of hydrogen-bond acceptors (Lipinski definition) is 10. The predicted octanol–water partition coefficient (Wildman–Crippen LogP) is 1.54. The van der Waals surface area contributed by atoms with Crippen LogP contribution in [0.1, 0.15) is 46.0 Å². The van der Waals surface area contributed by atoms with Gasteiger partial charge in [0.25, 0.3) is 0 Å². The molecule has 4 saturated heterocycles. The third-order valence-corrected chi connectivity index (χ3v) is 10.1. The number of rotatable bonds is 8. The number of carbonyl (C=O) groups is 3. The highest BCUT2D eigenvalue weighted by Crippen LogP contribution is 2.55. The van der Waals surface area contributed by atoms with Crippen LogP contribution in [0, 0.1) is 41.4 Å². The summed E-state index contributed by atoms with van der Waals surface area (Å²) in [6.07, 6.45) is 2.76. The van der Waals surface area contributed by atoms with Gasteiger partial charge in [-0.25, -0.2) is 0 Å². The molecule has 0 aromatic rings. The molecule has 0 amide bonds. The Morgan fingerprint density at radius 3 is 2.29 bits per heavy atom. The van der Waals surface area contributed by atoms with Gasteiger partial charge in [-0.3, -0.25) is 19.3 Å². The molecule has 7 atom stereocenters. The minimum Gasteiger partial charge on any atom is -0.455 e. The summed E-state index contributed by atoms with van der Waals surface area (Å²) < 4.78 is 35.3. The number of ether oxygens (including phenoxy) is 6. The number of morpholine rings is 1. The second-order valence-electron chi connectivity index (χ2n) is 12.9. The smallest absolute Gasteiger partial charge is 0.320 e. The van der Waals surface area contributed by atoms with Crippen LogP contribution in [-0.4, -0.2) is 92.5 Å². The van der Waals surface area contributed by atoms with Crippen LogP contribution in [0.25, 0.3) is 0 Å². The molecule has 0 aromatic heterocycles. The highest BCUT2D eigenvalue weighted by Gasteiger charge is 2.72. The summed E-state index contributed by atoms with van der Waals surface area (Å²) in [5.74, 6) is -0.366. The van der Waals surface area contributed by atoms with Gasteiger partial charge >= 0.3 is 17.9 Å². The molecule has 38 heavy (non-hydrogen) atoms. The minimum atomic E-state index is -0.879. The van der Waals surface area contributed by atoms with Gasteiger partial charge in [-0.2, -0.15) is 0 Å². The Balaban J connectivity index is 1.03. The molecule has 4 heterocycles. The van der Waals surface area contributed by atoms with E-state index in [1.54, 1.807) is 0 Å². The lowest BCUT2D eigenvalue weighted by atomic mass is 9.55. The summed E-state index contributed by atoms with van der Waals surface area (Å²) >= 11 is 0. The van der Waals surface area contributed by atoms with E-state index < -0.39 is 60.4 Å². The van der Waals surface area contributed by atoms with Crippen molar-refractivity contribution in [1.29, 1.82) is 0 Å². The van der Waals surface area contributed by atoms with Crippen molar-refractivity contribution in [2.75, 3.05) is 32.8 Å². The number of esters is 3. The van der Waals surface area contributed by atoms with Crippen LogP contribution in [-0.2, 0) is 42.8 Å². The molecule has 7 unspecified atom stereocenters. The Kier molecular flexibility index (Phi) is 6.45. The van der Waals surface area contributed by atoms with Crippen LogP contribution < -0.4 is 0 Å². The van der Waals surface area contributed by atoms with Crippen LogP contribution in [0.3, 0.4) is 0 Å². The Morgan fingerprint density at radius 2 is 1.63 bits per heavy atom. The molecule has 10 heteroatoms. The average Bonchev–Trinajstić information content (AvgIpc) is 3.49. The molecule has 0 radical (unpaired) electrons. The highest BCUT2D eigenvalue weighted by molar-refractivity contribution is 5.87. The van der Waals surface area contributed by atoms with Gasteiger partial charge in [-0.15, -0.1) is 0 Å². The molecular formula is C28H39NO9. The second-order valence-corrected chi connectivity index (χ2v) is 12.9. The second kappa shape index (κ2) is 9.71. The van der Waals surface area contributed by atoms with Gasteiger partial charge in [0.15, 0.2) is 12.2 Å². The number of nitrogens with zero attached hydrogens (tertiary/aromatic N) is 1. The fraction of sp³-hybridized carbons (Fsp3) is 0.893. The van der Waals surface area contributed by atoms with Crippen molar-refractivity contribution in [2.24, 2.45) is 41.4 Å². The molecule has 8 aliphatic rings. The lowest BCUT2D eigenvalue weighted by Crippen LogP contribution is -2.52. The maximum Gasteiger partial charge on any atom is 0.320 e. The zero-order valence-corrected chi connectivity index (χ0v) is 22.2. The molecule has 6 bridgehead atoms. The van der Waals surface area contributed by atoms with E-state index in [2.05, 4.69) is 0 Å². The third-order valence-electron chi connectivity index (χ3n) is 10.1. The zero-order valence-electron chi connectivity index (χ0n) is 22.2. The Labute approximate surface area is 222 Å². The molecule has 210 valence electrons. The first-order valence-electron chi connectivity index (χ1n) is 14.6. The van der Waals surface area contributed by atoms with E-state index in [1.165, 1.54) is 32.1 Å². The topological polar surface area (TPSA) is 110 Å². The maximum atomic E-state index is 13.6. The van der Waals surface area contributed by atoms with Crippen LogP contribution in [0.4, 0.5) is 0 Å². The molecule has 0 aromatic carbocycles. The molecule has 8 fully saturated rings. The standard InChI is InChI=1S/C28H39NO9/c1-13(2)28(37-21-16-8-14-7-15(10-16)11-17(21)9-14)38-27(32)20-19-23-25(36-26(19)31)24(22(20)35-23)34-18(30)12-29-3-5-33-6-4-29/h13-17,19-25,28H,3-12H2,1-2H3. The van der Waals surface area contributed by atoms with Gasteiger partial charge in [0.1, 0.15) is 24.0 Å². The SMILES string of the molecule is CC(C)C(OC(=O)C1C2OC3C(OC(=O)C31)C2OC(=O)CN1CCOCC1)OC1C2CC3CC(C2)CC1C3. The first-order valence-corrected chi connectivity index (χ1v) is 14.6. The zero-order chi connectivity index (χ0) is 26.1. The maximum absolute atomic E-state index is 13.6. The molecular weight excluding hydrogens is 494 g/mol. The van der Waals surface area contributed by atoms with E-state index in [4.69, 9.17) is 28.4 Å². The average molecular weight is 534 g/mol. The fourth-order valence-corrected chi connectivity index (χ4v) is 8.64. The van der Waals surface area contributed by atoms with Crippen molar-refractivity contribution in [3.05, 3.63) is 0 Å². The first-order chi connectivity index (χ1) is 18.4. The molecule has 4 saturated carbocycles. The van der Waals surface area contributed by atoms with Crippen molar-refractivity contribution < 1.29 is 42.8 Å². The van der Waals surface area contributed by atoms with Gasteiger partial charge in [0.2, 0.25) is 6.29 Å². The van der Waals surface area contributed by atoms with E-state index in [0.717, 1.165) is 11.8 Å². The number of fused-ring (bicyclic) bond motifs is 1. The number of hydrogen-bond donors (Lipinski definition) is 0. The lowest BCUT2D eigenvalue weighted by molar-refractivity contribution is -0.240. The van der Waals surface area contributed by atoms with E-state index in [0.29, 0.717) is 38.1 Å². The third kappa shape index (κ3) is 4.26. The minimum absolute atomic E-state index is 0.0407. The van der Waals surface area contributed by atoms with Crippen LogP contribution in [0.2, 0.25) is 0 Å². The van der Waals surface area contributed by atoms with Crippen molar-refractivity contribution in [2.45, 2.75) is 82.8 Å². The summed E-state index contributed by atoms with van der Waals surface area (Å²) in [6, 6.07) is 0. The van der Waals surface area contributed by atoms with Gasteiger partial charge in [-0.1, -0.05) is 13.8 Å². The van der Waals surface area contributed by atoms with Gasteiger partial charge in [0.05, 0.1) is 25.9 Å². The first kappa shape index (κ1) is 25.2. The van der Waals surface area contributed by atoms with E-state index >= 15 is 0 Å². The number of carbonyl (C=O) groups excluding carboxylic acids is 3. The predicted molar refractivity (Wildman–Crippen MR) is 129 cm³/mol. The van der Waals surface area contributed by atoms with E-state index in [1.807, 2.05) is 18.7 Å². The monoisotopic (exact) mass is 533 g/mol. The largest absolute Gasteiger partial charge is 0.455 e. The summed E-state index contributed by atoms with van der Waals surface area (Å²) in [5.41, 5.74) is 0. The Morgan fingerprint density at radius 1 is 0.947 bits per heavy atom. The van der Waals surface area contributed by atoms with Crippen LogP contribution >= 0.6 is 0 Å². The molecule has 0 spiro atoms. The molecule has 10 nitrogen and oxygen atoms in total. The molecule has 0 N–H and O–H groups in total. The van der Waals surface area contributed by atoms with Crippen molar-refractivity contribution >= 4 is 17.9 Å². The molecule has 4 aliphatic carbocycles. The van der Waals surface area contributed by atoms with Gasteiger partial charge in [-0.05, 0) is 55.8 Å². The normalized spacial score (nSPS) is 45.4. The van der Waals surface area contributed by atoms with E-state index in [-0.39, 0.29) is 18.6 Å². The van der Waals surface area contributed by atoms with Gasteiger partial charge in [0, 0.05) is 19.0 Å². The lowest BCUT2D eigenvalue weighted by Gasteiger charge is -2.54. The molecule has 8 rings (SSSR count). The quantitative estimate of drug-likeness (QED) is 0.259. The summed E-state index contributed by atoms with van der Waals surface area (Å²) in [4.78, 5) is 41.1. The van der Waals surface area contributed by atoms with Crippen molar-refractivity contribution in [3.63, 3.8) is 0 Å². The molecule has 4 aliphatic heterocycles. The fourth-order valence-electron chi connectivity index (χ4n) is 8.64. The summed E-state index contributed by atoms with van der Waals surface area (Å²) in [5, 5.41) is 0. The Hall–Kier alpha value is -1.75. The van der Waals surface area contributed by atoms with Crippen molar-refractivity contribution in [3.8, 4) is 0 Å². The van der Waals surface area contributed by atoms with Crippen LogP contribution in [0.5, 0.6) is 0 Å². The summed E-state index contributed by atoms with van der Waals surface area (Å²) in [7, 11) is 0. The highest BCUT2D eigenvalue weighted by atomic mass is 16.7. The van der Waals surface area contributed by atoms with E-state index in [9.17, 15) is 14.4 Å². The van der Waals surface area contributed by atoms with Crippen LogP contribution in [0.15, 0.2) is 0 Å². The summed E-state index contributed by atoms with van der Waals surface area (Å²) in [6.45, 7) is 6.54. The van der Waals surface area contributed by atoms with Crippen molar-refractivity contribution in [1.82, 2.24) is 4.90 Å².